The van der Waals surface area contributed by atoms with Crippen molar-refractivity contribution >= 4 is 18.4 Å². The molecule has 0 heterocycles. The molecule has 0 aliphatic rings. The summed E-state index contributed by atoms with van der Waals surface area (Å²) in [5.41, 5.74) is 0. The van der Waals surface area contributed by atoms with Gasteiger partial charge in [-0.1, -0.05) is 0 Å². The molecule has 1 nitrogen and oxygen atoms in total. The molecule has 0 aromatic carbocycles. The number of hydrogen-bond donors (Lipinski definition) is 0. The topological polar surface area (TPSA) is 23.8 Å². The van der Waals surface area contributed by atoms with E-state index in [1.54, 1.807) is 0 Å². The molecule has 0 aromatic rings. The summed E-state index contributed by atoms with van der Waals surface area (Å²) in [6.45, 7) is 13.6. The van der Waals surface area contributed by atoms with Crippen molar-refractivity contribution in [3.63, 3.8) is 0 Å². The van der Waals surface area contributed by atoms with Gasteiger partial charge in [-0.05, 0) is 0 Å². The Bertz CT molecular complexity index is 187. The molecule has 88 valence electrons. The molecule has 0 rings (SSSR count). The van der Waals surface area contributed by atoms with Crippen molar-refractivity contribution in [1.82, 2.24) is 0 Å². The molecule has 0 atom stereocenters. The van der Waals surface area contributed by atoms with Crippen molar-refractivity contribution in [2.75, 3.05) is 0 Å². The third-order valence-electron chi connectivity index (χ3n) is 2.63. The second-order valence-corrected chi connectivity index (χ2v) is 17.6. The van der Waals surface area contributed by atoms with E-state index < -0.39 is 18.4 Å². The van der Waals surface area contributed by atoms with Gasteiger partial charge in [-0.25, -0.2) is 0 Å². The molecule has 0 aliphatic carbocycles. The second kappa shape index (κ2) is 6.78. The maximum atomic E-state index is 9.57. The summed E-state index contributed by atoms with van der Waals surface area (Å²) in [5.74, 6) is 2.12. The summed E-state index contributed by atoms with van der Waals surface area (Å²) in [7, 11) is 0. The number of nitriles is 1. The van der Waals surface area contributed by atoms with Crippen LogP contribution in [0.25, 0.3) is 0 Å². The van der Waals surface area contributed by atoms with Gasteiger partial charge in [0.1, 0.15) is 0 Å². The Morgan fingerprint density at radius 1 is 0.800 bits per heavy atom. The van der Waals surface area contributed by atoms with Crippen molar-refractivity contribution in [3.05, 3.63) is 0 Å². The van der Waals surface area contributed by atoms with Crippen LogP contribution in [-0.4, -0.2) is 18.4 Å². The van der Waals surface area contributed by atoms with Gasteiger partial charge in [0.15, 0.2) is 0 Å². The molecule has 0 fully saturated rings. The molecule has 0 N–H and O–H groups in total. The van der Waals surface area contributed by atoms with E-state index in [0.29, 0.717) is 17.8 Å². The number of rotatable bonds is 6. The quantitative estimate of drug-likeness (QED) is 0.664. The van der Waals surface area contributed by atoms with Gasteiger partial charge in [0.25, 0.3) is 0 Å². The van der Waals surface area contributed by atoms with Crippen LogP contribution in [0.1, 0.15) is 41.5 Å². The first kappa shape index (κ1) is 15.3. The monoisotopic (exact) mass is 317 g/mol. The molecule has 0 saturated heterocycles. The average Bonchev–Trinajstić information content (AvgIpc) is 1.99. The van der Waals surface area contributed by atoms with E-state index in [1.165, 1.54) is 13.3 Å². The van der Waals surface area contributed by atoms with Crippen molar-refractivity contribution in [2.45, 2.75) is 54.9 Å². The van der Waals surface area contributed by atoms with Crippen LogP contribution in [0.15, 0.2) is 0 Å². The number of hydrogen-bond acceptors (Lipinski definition) is 1. The summed E-state index contributed by atoms with van der Waals surface area (Å²) >= 11 is -2.46. The van der Waals surface area contributed by atoms with E-state index in [-0.39, 0.29) is 0 Å². The van der Waals surface area contributed by atoms with Gasteiger partial charge < -0.3 is 0 Å². The van der Waals surface area contributed by atoms with Gasteiger partial charge in [0, 0.05) is 0 Å². The van der Waals surface area contributed by atoms with E-state index >= 15 is 0 Å². The van der Waals surface area contributed by atoms with Crippen LogP contribution in [0.4, 0.5) is 0 Å². The van der Waals surface area contributed by atoms with Crippen LogP contribution in [0, 0.1) is 27.1 Å². The van der Waals surface area contributed by atoms with Crippen LogP contribution in [0.3, 0.4) is 0 Å². The van der Waals surface area contributed by atoms with E-state index in [0.717, 1.165) is 0 Å². The van der Waals surface area contributed by atoms with Gasteiger partial charge >= 0.3 is 100 Å². The summed E-state index contributed by atoms with van der Waals surface area (Å²) in [6, 6.07) is 0. The molecule has 2 heteroatoms. The Kier molecular flexibility index (Phi) is 6.91. The van der Waals surface area contributed by atoms with E-state index in [9.17, 15) is 5.26 Å². The Morgan fingerprint density at radius 3 is 1.20 bits per heavy atom. The third-order valence-corrected chi connectivity index (χ3v) is 17.7. The van der Waals surface area contributed by atoms with Crippen LogP contribution in [-0.2, 0) is 0 Å². The normalized spacial score (nSPS) is 12.5. The Labute approximate surface area is 100 Å². The zero-order valence-corrected chi connectivity index (χ0v) is 14.2. The predicted molar refractivity (Wildman–Crippen MR) is 70.3 cm³/mol. The van der Waals surface area contributed by atoms with Gasteiger partial charge in [-0.3, -0.25) is 0 Å². The fourth-order valence-corrected chi connectivity index (χ4v) is 18.3. The molecule has 0 bridgehead atoms. The zero-order chi connectivity index (χ0) is 12.1. The zero-order valence-electron chi connectivity index (χ0n) is 11.3. The summed E-state index contributed by atoms with van der Waals surface area (Å²) < 4.78 is 6.57. The molecule has 0 aliphatic heterocycles. The molecule has 0 radical (unpaired) electrons. The van der Waals surface area contributed by atoms with Gasteiger partial charge in [0.05, 0.1) is 0 Å². The van der Waals surface area contributed by atoms with Crippen molar-refractivity contribution in [2.24, 2.45) is 17.8 Å². The first-order chi connectivity index (χ1) is 6.81. The third kappa shape index (κ3) is 6.45. The molecule has 0 saturated carbocycles. The minimum atomic E-state index is -2.46. The van der Waals surface area contributed by atoms with Crippen molar-refractivity contribution < 1.29 is 0 Å². The van der Waals surface area contributed by atoms with E-state index in [4.69, 9.17) is 0 Å². The van der Waals surface area contributed by atoms with Gasteiger partial charge in [-0.15, -0.1) is 0 Å². The molecule has 15 heavy (non-hydrogen) atoms. The Hall–Kier alpha value is 0.289. The van der Waals surface area contributed by atoms with Crippen LogP contribution >= 0.6 is 0 Å². The Balaban J connectivity index is 4.69. The van der Waals surface area contributed by atoms with Crippen molar-refractivity contribution in [1.29, 1.82) is 5.26 Å². The standard InChI is InChI=1S/3C4H9.CN.Sn/c3*1-4(2)3;1-2;/h3*4H,1H2,2-3H3;;. The molecular formula is C13H27NSn. The molecular weight excluding hydrogens is 289 g/mol. The minimum absolute atomic E-state index is 0.706. The van der Waals surface area contributed by atoms with Crippen LogP contribution in [0.5, 0.6) is 0 Å². The van der Waals surface area contributed by atoms with Gasteiger partial charge in [0.2, 0.25) is 0 Å². The molecule has 0 unspecified atom stereocenters. The van der Waals surface area contributed by atoms with E-state index in [2.05, 4.69) is 45.6 Å². The summed E-state index contributed by atoms with van der Waals surface area (Å²) in [6.07, 6.45) is 0. The molecule has 0 amide bonds. The molecule has 0 spiro atoms. The first-order valence-corrected chi connectivity index (χ1v) is 13.7. The molecule has 0 aromatic heterocycles. The summed E-state index contributed by atoms with van der Waals surface area (Å²) in [5, 5.41) is 9.57. The predicted octanol–water partition coefficient (Wildman–Crippen LogP) is 4.47. The first-order valence-electron chi connectivity index (χ1n) is 6.22. The Morgan fingerprint density at radius 2 is 1.07 bits per heavy atom. The fraction of sp³-hybridized carbons (Fsp3) is 0.923. The fourth-order valence-electron chi connectivity index (χ4n) is 2.73. The van der Waals surface area contributed by atoms with Gasteiger partial charge in [-0.2, -0.15) is 0 Å². The van der Waals surface area contributed by atoms with Crippen molar-refractivity contribution in [3.8, 4) is 4.09 Å². The number of nitrogens with zero attached hydrogens (tertiary/aromatic N) is 1. The van der Waals surface area contributed by atoms with E-state index in [1.807, 2.05) is 0 Å². The van der Waals surface area contributed by atoms with Crippen LogP contribution < -0.4 is 0 Å². The summed E-state index contributed by atoms with van der Waals surface area (Å²) in [4.78, 5) is 0. The van der Waals surface area contributed by atoms with Crippen LogP contribution in [0.2, 0.25) is 13.3 Å². The SMILES string of the molecule is CC(C)[CH2][Sn]([C]#N)([CH2]C(C)C)[CH2]C(C)C. The second-order valence-electron chi connectivity index (χ2n) is 6.19. The average molecular weight is 316 g/mol. The maximum absolute atomic E-state index is 9.57.